The number of nitrogens with zero attached hydrogens (tertiary/aromatic N) is 2. The highest BCUT2D eigenvalue weighted by Gasteiger charge is 2.24. The molecule has 328 valence electrons. The summed E-state index contributed by atoms with van der Waals surface area (Å²) >= 11 is 0. The standard InChI is InChI=1S/C68H46N2/c1-5-23-47(24-6-1)69(48-25-7-2-8-26-48)66-46-45-59(54-34-17-18-36-60(54)66)57-42-41-56(51-31-13-14-32-52(51)57)58-43-44-63(55-35-16-15-33-53(55)58)67-61-37-19-21-39-64(61)68(65-40-22-20-38-62(65)67)70(49-27-9-3-10-28-49)50-29-11-4-12-30-50/h1-46H. The van der Waals surface area contributed by atoms with E-state index in [9.17, 15) is 0 Å². The number of para-hydroxylation sites is 4. The molecule has 0 saturated heterocycles. The molecule has 13 aromatic rings. The van der Waals surface area contributed by atoms with Crippen LogP contribution in [0.25, 0.3) is 87.2 Å². The normalized spacial score (nSPS) is 11.4. The molecule has 0 bridgehead atoms. The zero-order chi connectivity index (χ0) is 46.4. The van der Waals surface area contributed by atoms with E-state index in [1.807, 2.05) is 0 Å². The molecule has 0 aliphatic rings. The molecule has 0 fully saturated rings. The zero-order valence-corrected chi connectivity index (χ0v) is 38.5. The third-order valence-corrected chi connectivity index (χ3v) is 14.0. The van der Waals surface area contributed by atoms with Crippen LogP contribution in [0.1, 0.15) is 0 Å². The van der Waals surface area contributed by atoms with Crippen molar-refractivity contribution in [3.63, 3.8) is 0 Å². The maximum absolute atomic E-state index is 2.42. The van der Waals surface area contributed by atoms with Gasteiger partial charge in [0.15, 0.2) is 0 Å². The first-order valence-corrected chi connectivity index (χ1v) is 24.1. The summed E-state index contributed by atoms with van der Waals surface area (Å²) in [6, 6.07) is 102. The molecular formula is C68H46N2. The van der Waals surface area contributed by atoms with Crippen molar-refractivity contribution >= 4 is 88.0 Å². The first-order chi connectivity index (χ1) is 34.8. The highest BCUT2D eigenvalue weighted by atomic mass is 15.1. The van der Waals surface area contributed by atoms with Gasteiger partial charge in [-0.1, -0.05) is 224 Å². The molecule has 0 aliphatic heterocycles. The predicted octanol–water partition coefficient (Wildman–Crippen LogP) is 19.4. The largest absolute Gasteiger partial charge is 0.310 e. The molecular weight excluding hydrogens is 845 g/mol. The maximum atomic E-state index is 2.42. The fraction of sp³-hybridized carbons (Fsp3) is 0. The lowest BCUT2D eigenvalue weighted by Crippen LogP contribution is -2.11. The molecule has 0 aliphatic carbocycles. The van der Waals surface area contributed by atoms with E-state index >= 15 is 0 Å². The summed E-state index contributed by atoms with van der Waals surface area (Å²) < 4.78 is 0. The van der Waals surface area contributed by atoms with E-state index in [-0.39, 0.29) is 0 Å². The number of hydrogen-bond donors (Lipinski definition) is 0. The highest BCUT2D eigenvalue weighted by molar-refractivity contribution is 6.25. The molecule has 0 unspecified atom stereocenters. The van der Waals surface area contributed by atoms with Gasteiger partial charge >= 0.3 is 0 Å². The lowest BCUT2D eigenvalue weighted by atomic mass is 9.84. The van der Waals surface area contributed by atoms with Gasteiger partial charge in [0.1, 0.15) is 0 Å². The van der Waals surface area contributed by atoms with Gasteiger partial charge in [-0.05, 0) is 126 Å². The minimum atomic E-state index is 1.12. The maximum Gasteiger partial charge on any atom is 0.0618 e. The van der Waals surface area contributed by atoms with Crippen molar-refractivity contribution in [2.24, 2.45) is 0 Å². The molecule has 13 rings (SSSR count). The minimum absolute atomic E-state index is 1.12. The second-order valence-corrected chi connectivity index (χ2v) is 17.9. The summed E-state index contributed by atoms with van der Waals surface area (Å²) in [4.78, 5) is 4.79. The first kappa shape index (κ1) is 41.0. The molecule has 0 amide bonds. The van der Waals surface area contributed by atoms with Gasteiger partial charge in [0.2, 0.25) is 0 Å². The van der Waals surface area contributed by atoms with Gasteiger partial charge in [-0.25, -0.2) is 0 Å². The molecule has 0 aromatic heterocycles. The van der Waals surface area contributed by atoms with Crippen molar-refractivity contribution in [1.29, 1.82) is 0 Å². The van der Waals surface area contributed by atoms with E-state index < -0.39 is 0 Å². The number of anilines is 6. The monoisotopic (exact) mass is 890 g/mol. The van der Waals surface area contributed by atoms with Crippen LogP contribution in [0.4, 0.5) is 34.1 Å². The van der Waals surface area contributed by atoms with Crippen LogP contribution in [0.5, 0.6) is 0 Å². The van der Waals surface area contributed by atoms with Gasteiger partial charge in [0.25, 0.3) is 0 Å². The molecule has 0 atom stereocenters. The third kappa shape index (κ3) is 6.88. The summed E-state index contributed by atoms with van der Waals surface area (Å²) in [5.41, 5.74) is 14.1. The van der Waals surface area contributed by atoms with Crippen LogP contribution in [0.3, 0.4) is 0 Å². The summed E-state index contributed by atoms with van der Waals surface area (Å²) in [6.07, 6.45) is 0. The Labute approximate surface area is 408 Å². The van der Waals surface area contributed by atoms with Crippen molar-refractivity contribution in [3.8, 4) is 33.4 Å². The molecule has 70 heavy (non-hydrogen) atoms. The second-order valence-electron chi connectivity index (χ2n) is 17.9. The smallest absolute Gasteiger partial charge is 0.0618 e. The van der Waals surface area contributed by atoms with Crippen LogP contribution in [0.15, 0.2) is 279 Å². The lowest BCUT2D eigenvalue weighted by molar-refractivity contribution is 1.30. The Morgan fingerprint density at radius 1 is 0.171 bits per heavy atom. The Bertz CT molecular complexity index is 3920. The molecule has 2 heteroatoms. The Morgan fingerprint density at radius 2 is 0.429 bits per heavy atom. The molecule has 2 nitrogen and oxygen atoms in total. The van der Waals surface area contributed by atoms with Crippen LogP contribution in [-0.4, -0.2) is 0 Å². The molecule has 0 heterocycles. The van der Waals surface area contributed by atoms with Gasteiger partial charge in [-0.3, -0.25) is 0 Å². The van der Waals surface area contributed by atoms with Gasteiger partial charge in [-0.2, -0.15) is 0 Å². The van der Waals surface area contributed by atoms with Crippen LogP contribution < -0.4 is 9.80 Å². The van der Waals surface area contributed by atoms with Crippen molar-refractivity contribution in [2.45, 2.75) is 0 Å². The summed E-state index contributed by atoms with van der Waals surface area (Å²) in [5.74, 6) is 0. The zero-order valence-electron chi connectivity index (χ0n) is 38.5. The Hall–Kier alpha value is -9.24. The summed E-state index contributed by atoms with van der Waals surface area (Å²) in [5, 5.41) is 12.1. The van der Waals surface area contributed by atoms with E-state index in [4.69, 9.17) is 0 Å². The average Bonchev–Trinajstić information content (AvgIpc) is 3.44. The van der Waals surface area contributed by atoms with Crippen LogP contribution in [-0.2, 0) is 0 Å². The number of fused-ring (bicyclic) bond motifs is 5. The average molecular weight is 891 g/mol. The van der Waals surface area contributed by atoms with Crippen molar-refractivity contribution < 1.29 is 0 Å². The van der Waals surface area contributed by atoms with Gasteiger partial charge in [0.05, 0.1) is 11.4 Å². The first-order valence-electron chi connectivity index (χ1n) is 24.1. The summed E-state index contributed by atoms with van der Waals surface area (Å²) in [7, 11) is 0. The highest BCUT2D eigenvalue weighted by Crippen LogP contribution is 2.51. The van der Waals surface area contributed by atoms with E-state index in [0.717, 1.165) is 28.4 Å². The van der Waals surface area contributed by atoms with E-state index in [0.29, 0.717) is 0 Å². The quantitative estimate of drug-likeness (QED) is 0.133. The predicted molar refractivity (Wildman–Crippen MR) is 300 cm³/mol. The second kappa shape index (κ2) is 17.4. The third-order valence-electron chi connectivity index (χ3n) is 14.0. The Morgan fingerprint density at radius 3 is 0.814 bits per heavy atom. The topological polar surface area (TPSA) is 6.48 Å². The minimum Gasteiger partial charge on any atom is -0.310 e. The number of benzene rings is 13. The Kier molecular flexibility index (Phi) is 10.2. The number of hydrogen-bond acceptors (Lipinski definition) is 2. The van der Waals surface area contributed by atoms with E-state index in [2.05, 4.69) is 289 Å². The molecule has 0 spiro atoms. The Balaban J connectivity index is 0.985. The SMILES string of the molecule is c1ccc(N(c2ccccc2)c2ccc(-c3ccc(-c4ccc(-c5c6ccccc6c(N(c6ccccc6)c6ccccc6)c6ccccc56)c5ccccc45)c4ccccc34)c3ccccc23)cc1. The molecule has 0 radical (unpaired) electrons. The van der Waals surface area contributed by atoms with E-state index in [1.54, 1.807) is 0 Å². The molecule has 13 aromatic carbocycles. The van der Waals surface area contributed by atoms with Crippen LogP contribution in [0, 0.1) is 0 Å². The molecule has 0 saturated carbocycles. The van der Waals surface area contributed by atoms with Crippen LogP contribution in [0.2, 0.25) is 0 Å². The van der Waals surface area contributed by atoms with Crippen LogP contribution >= 0.6 is 0 Å². The number of rotatable bonds is 9. The van der Waals surface area contributed by atoms with Gasteiger partial charge in [-0.15, -0.1) is 0 Å². The summed E-state index contributed by atoms with van der Waals surface area (Å²) in [6.45, 7) is 0. The van der Waals surface area contributed by atoms with Crippen molar-refractivity contribution in [3.05, 3.63) is 279 Å². The van der Waals surface area contributed by atoms with Crippen molar-refractivity contribution in [2.75, 3.05) is 9.80 Å². The molecule has 0 N–H and O–H groups in total. The lowest BCUT2D eigenvalue weighted by Gasteiger charge is -2.29. The van der Waals surface area contributed by atoms with Gasteiger partial charge < -0.3 is 9.80 Å². The fourth-order valence-corrected chi connectivity index (χ4v) is 11.0. The van der Waals surface area contributed by atoms with Crippen molar-refractivity contribution in [1.82, 2.24) is 0 Å². The van der Waals surface area contributed by atoms with E-state index in [1.165, 1.54) is 92.9 Å². The van der Waals surface area contributed by atoms with Gasteiger partial charge in [0, 0.05) is 38.9 Å². The fourth-order valence-electron chi connectivity index (χ4n) is 11.0.